The van der Waals surface area contributed by atoms with Crippen LogP contribution in [0.15, 0.2) is 30.3 Å². The molecule has 5 heteroatoms. The van der Waals surface area contributed by atoms with E-state index in [4.69, 9.17) is 5.11 Å². The van der Waals surface area contributed by atoms with E-state index < -0.39 is 30.1 Å². The average Bonchev–Trinajstić information content (AvgIpc) is 2.29. The Hall–Kier alpha value is -2.01. The molecular formula is C12H13NO4. The number of carboxylic acids is 1. The fraction of sp³-hybridized carbons (Fsp3) is 0.250. The molecule has 0 aromatic heterocycles. The van der Waals surface area contributed by atoms with Gasteiger partial charge < -0.3 is 5.11 Å². The van der Waals surface area contributed by atoms with E-state index in [1.54, 1.807) is 30.3 Å². The van der Waals surface area contributed by atoms with E-state index in [9.17, 15) is 14.4 Å². The van der Waals surface area contributed by atoms with Crippen molar-refractivity contribution in [3.63, 3.8) is 0 Å². The first-order chi connectivity index (χ1) is 8.02. The Morgan fingerprint density at radius 2 is 1.82 bits per heavy atom. The highest BCUT2D eigenvalue weighted by molar-refractivity contribution is 6.13. The molecule has 0 amide bonds. The summed E-state index contributed by atoms with van der Waals surface area (Å²) in [4.78, 5) is 33.6. The molecule has 1 aromatic rings. The predicted molar refractivity (Wildman–Crippen MR) is 60.9 cm³/mol. The summed E-state index contributed by atoms with van der Waals surface area (Å²) in [5.41, 5.74) is 0.380. The molecule has 0 saturated heterocycles. The lowest BCUT2D eigenvalue weighted by molar-refractivity contribution is -0.136. The summed E-state index contributed by atoms with van der Waals surface area (Å²) in [6, 6.07) is 7.18. The maximum absolute atomic E-state index is 11.9. The van der Waals surface area contributed by atoms with Gasteiger partial charge in [-0.3, -0.25) is 19.7 Å². The molecule has 5 nitrogen and oxygen atoms in total. The van der Waals surface area contributed by atoms with Gasteiger partial charge in [-0.05, 0) is 6.92 Å². The quantitative estimate of drug-likeness (QED) is 0.554. The molecule has 0 spiro atoms. The Bertz CT molecular complexity index is 427. The van der Waals surface area contributed by atoms with Crippen LogP contribution in [-0.2, 0) is 9.59 Å². The molecule has 2 N–H and O–H groups in total. The number of carboxylic acid groups (broad SMARTS) is 1. The number of benzene rings is 1. The number of Topliss-reactive ketones (excluding diaryl/α,β-unsaturated/α-hetero) is 2. The first-order valence-corrected chi connectivity index (χ1v) is 5.07. The van der Waals surface area contributed by atoms with Crippen LogP contribution in [0.25, 0.3) is 0 Å². The van der Waals surface area contributed by atoms with Crippen molar-refractivity contribution in [3.8, 4) is 0 Å². The third-order valence-corrected chi connectivity index (χ3v) is 2.18. The minimum atomic E-state index is -1.11. The van der Waals surface area contributed by atoms with Crippen molar-refractivity contribution < 1.29 is 19.5 Å². The van der Waals surface area contributed by atoms with E-state index in [2.05, 4.69) is 5.32 Å². The summed E-state index contributed by atoms with van der Waals surface area (Å²) in [5, 5.41) is 10.9. The Kier molecular flexibility index (Phi) is 4.54. The first-order valence-electron chi connectivity index (χ1n) is 5.07. The Labute approximate surface area is 98.4 Å². The van der Waals surface area contributed by atoms with Gasteiger partial charge in [0.25, 0.3) is 0 Å². The molecule has 90 valence electrons. The normalized spacial score (nSPS) is 11.8. The van der Waals surface area contributed by atoms with Crippen LogP contribution in [0.2, 0.25) is 0 Å². The zero-order chi connectivity index (χ0) is 12.8. The molecule has 0 bridgehead atoms. The molecule has 17 heavy (non-hydrogen) atoms. The number of hydrogen-bond donors (Lipinski definition) is 2. The van der Waals surface area contributed by atoms with Crippen molar-refractivity contribution in [2.45, 2.75) is 13.0 Å². The lowest BCUT2D eigenvalue weighted by atomic mass is 10.0. The van der Waals surface area contributed by atoms with Gasteiger partial charge >= 0.3 is 5.97 Å². The summed E-state index contributed by atoms with van der Waals surface area (Å²) >= 11 is 0. The molecule has 1 aromatic carbocycles. The molecule has 1 rings (SSSR count). The highest BCUT2D eigenvalue weighted by Crippen LogP contribution is 2.04. The maximum atomic E-state index is 11.9. The van der Waals surface area contributed by atoms with Gasteiger partial charge in [0.1, 0.15) is 6.04 Å². The van der Waals surface area contributed by atoms with Crippen LogP contribution in [0.5, 0.6) is 0 Å². The van der Waals surface area contributed by atoms with Crippen LogP contribution >= 0.6 is 0 Å². The highest BCUT2D eigenvalue weighted by Gasteiger charge is 2.24. The summed E-state index contributed by atoms with van der Waals surface area (Å²) in [6.07, 6.45) is 0. The molecule has 0 aliphatic carbocycles. The van der Waals surface area contributed by atoms with Gasteiger partial charge in [-0.1, -0.05) is 30.3 Å². The van der Waals surface area contributed by atoms with E-state index in [0.29, 0.717) is 5.56 Å². The Morgan fingerprint density at radius 3 is 2.29 bits per heavy atom. The number of carbonyl (C=O) groups excluding carboxylic acids is 2. The van der Waals surface area contributed by atoms with Crippen molar-refractivity contribution >= 4 is 17.5 Å². The molecule has 0 aliphatic heterocycles. The van der Waals surface area contributed by atoms with Crippen LogP contribution in [0.1, 0.15) is 17.3 Å². The third-order valence-electron chi connectivity index (χ3n) is 2.18. The van der Waals surface area contributed by atoms with Crippen molar-refractivity contribution in [3.05, 3.63) is 35.9 Å². The van der Waals surface area contributed by atoms with Gasteiger partial charge in [-0.15, -0.1) is 0 Å². The van der Waals surface area contributed by atoms with E-state index in [0.717, 1.165) is 0 Å². The van der Waals surface area contributed by atoms with Crippen LogP contribution in [0.4, 0.5) is 0 Å². The molecule has 0 radical (unpaired) electrons. The standard InChI is InChI=1S/C12H13NO4/c1-8(14)11(13-7-10(15)16)12(17)9-5-3-2-4-6-9/h2-6,11,13H,7H2,1H3,(H,15,16). The second-order valence-corrected chi connectivity index (χ2v) is 3.55. The number of aliphatic carboxylic acids is 1. The van der Waals surface area contributed by atoms with E-state index in [1.165, 1.54) is 6.92 Å². The minimum absolute atomic E-state index is 0.380. The minimum Gasteiger partial charge on any atom is -0.480 e. The lowest BCUT2D eigenvalue weighted by Gasteiger charge is -2.13. The van der Waals surface area contributed by atoms with Gasteiger partial charge in [-0.2, -0.15) is 0 Å². The molecule has 1 unspecified atom stereocenters. The number of carbonyl (C=O) groups is 3. The Balaban J connectivity index is 2.81. The smallest absolute Gasteiger partial charge is 0.317 e. The molecule has 1 atom stereocenters. The number of rotatable bonds is 6. The monoisotopic (exact) mass is 235 g/mol. The van der Waals surface area contributed by atoms with Crippen LogP contribution < -0.4 is 5.32 Å². The van der Waals surface area contributed by atoms with Gasteiger partial charge in [-0.25, -0.2) is 0 Å². The summed E-state index contributed by atoms with van der Waals surface area (Å²) in [7, 11) is 0. The topological polar surface area (TPSA) is 83.5 Å². The largest absolute Gasteiger partial charge is 0.480 e. The highest BCUT2D eigenvalue weighted by atomic mass is 16.4. The molecule has 0 heterocycles. The number of ketones is 2. The van der Waals surface area contributed by atoms with E-state index in [1.807, 2.05) is 0 Å². The summed E-state index contributed by atoms with van der Waals surface area (Å²) in [5.74, 6) is -1.93. The zero-order valence-corrected chi connectivity index (χ0v) is 9.34. The molecular weight excluding hydrogens is 222 g/mol. The SMILES string of the molecule is CC(=O)C(NCC(=O)O)C(=O)c1ccccc1. The van der Waals surface area contributed by atoms with E-state index in [-0.39, 0.29) is 0 Å². The van der Waals surface area contributed by atoms with Crippen LogP contribution in [0, 0.1) is 0 Å². The van der Waals surface area contributed by atoms with Crippen LogP contribution in [0.3, 0.4) is 0 Å². The number of hydrogen-bond acceptors (Lipinski definition) is 4. The van der Waals surface area contributed by atoms with E-state index >= 15 is 0 Å². The van der Waals surface area contributed by atoms with Gasteiger partial charge in [0.15, 0.2) is 11.6 Å². The second kappa shape index (κ2) is 5.91. The summed E-state index contributed by atoms with van der Waals surface area (Å²) < 4.78 is 0. The first kappa shape index (κ1) is 13.1. The zero-order valence-electron chi connectivity index (χ0n) is 9.34. The Morgan fingerprint density at radius 1 is 1.24 bits per heavy atom. The number of nitrogens with one attached hydrogen (secondary N) is 1. The fourth-order valence-electron chi connectivity index (χ4n) is 1.38. The second-order valence-electron chi connectivity index (χ2n) is 3.55. The van der Waals surface area contributed by atoms with Crippen LogP contribution in [-0.4, -0.2) is 35.2 Å². The predicted octanol–water partition coefficient (Wildman–Crippen LogP) is 0.501. The summed E-state index contributed by atoms with van der Waals surface area (Å²) in [6.45, 7) is 0.823. The maximum Gasteiger partial charge on any atom is 0.317 e. The van der Waals surface area contributed by atoms with Gasteiger partial charge in [0.2, 0.25) is 0 Å². The fourth-order valence-corrected chi connectivity index (χ4v) is 1.38. The molecule has 0 fully saturated rings. The van der Waals surface area contributed by atoms with Gasteiger partial charge in [0.05, 0.1) is 6.54 Å². The lowest BCUT2D eigenvalue weighted by Crippen LogP contribution is -2.44. The van der Waals surface area contributed by atoms with Crippen molar-refractivity contribution in [1.82, 2.24) is 5.32 Å². The van der Waals surface area contributed by atoms with Crippen molar-refractivity contribution in [2.75, 3.05) is 6.54 Å². The third kappa shape index (κ3) is 3.81. The molecule has 0 saturated carbocycles. The molecule has 0 aliphatic rings. The van der Waals surface area contributed by atoms with Crippen molar-refractivity contribution in [2.24, 2.45) is 0 Å². The van der Waals surface area contributed by atoms with Gasteiger partial charge in [0, 0.05) is 5.56 Å². The average molecular weight is 235 g/mol. The van der Waals surface area contributed by atoms with Crippen molar-refractivity contribution in [1.29, 1.82) is 0 Å².